The van der Waals surface area contributed by atoms with Crippen LogP contribution in [0.2, 0.25) is 5.02 Å². The van der Waals surface area contributed by atoms with Gasteiger partial charge in [0.1, 0.15) is 0 Å². The molecule has 3 rings (SSSR count). The van der Waals surface area contributed by atoms with Crippen LogP contribution in [0.5, 0.6) is 0 Å². The van der Waals surface area contributed by atoms with Gasteiger partial charge in [0.25, 0.3) is 5.91 Å². The summed E-state index contributed by atoms with van der Waals surface area (Å²) in [7, 11) is 0. The normalized spacial score (nSPS) is 19.1. The molecule has 4 N–H and O–H groups in total. The van der Waals surface area contributed by atoms with E-state index in [-0.39, 0.29) is 36.2 Å². The molecule has 0 saturated carbocycles. The number of benzene rings is 1. The maximum atomic E-state index is 13.0. The Morgan fingerprint density at radius 2 is 2.11 bits per heavy atom. The van der Waals surface area contributed by atoms with Crippen LogP contribution in [-0.2, 0) is 4.79 Å². The predicted molar refractivity (Wildman–Crippen MR) is 110 cm³/mol. The van der Waals surface area contributed by atoms with Crippen molar-refractivity contribution in [1.29, 1.82) is 0 Å². The molecule has 28 heavy (non-hydrogen) atoms. The van der Waals surface area contributed by atoms with Crippen LogP contribution in [0.1, 0.15) is 23.2 Å². The van der Waals surface area contributed by atoms with Crippen LogP contribution in [-0.4, -0.2) is 62.0 Å². The highest BCUT2D eigenvalue weighted by Crippen LogP contribution is 2.27. The van der Waals surface area contributed by atoms with Crippen molar-refractivity contribution < 1.29 is 14.4 Å². The molecule has 2 aliphatic heterocycles. The van der Waals surface area contributed by atoms with Crippen molar-refractivity contribution >= 4 is 47.5 Å². The molecule has 1 unspecified atom stereocenters. The van der Waals surface area contributed by atoms with Gasteiger partial charge in [0, 0.05) is 45.0 Å². The van der Waals surface area contributed by atoms with E-state index in [1.165, 1.54) is 0 Å². The maximum absolute atomic E-state index is 13.0. The van der Waals surface area contributed by atoms with Crippen LogP contribution in [0.25, 0.3) is 0 Å². The van der Waals surface area contributed by atoms with Crippen LogP contribution in [0.4, 0.5) is 10.5 Å². The van der Waals surface area contributed by atoms with Crippen molar-refractivity contribution in [3.8, 4) is 0 Å². The molecule has 0 bridgehead atoms. The summed E-state index contributed by atoms with van der Waals surface area (Å²) >= 11 is 6.26. The number of nitrogens with one attached hydrogen (secondary N) is 2. The molecule has 2 fully saturated rings. The van der Waals surface area contributed by atoms with Crippen LogP contribution in [0, 0.1) is 5.92 Å². The highest BCUT2D eigenvalue weighted by atomic mass is 35.5. The van der Waals surface area contributed by atoms with Gasteiger partial charge in [-0.3, -0.25) is 14.5 Å². The zero-order chi connectivity index (χ0) is 19.4. The van der Waals surface area contributed by atoms with Crippen LogP contribution in [0.3, 0.4) is 0 Å². The molecular weight excluding hydrogens is 405 g/mol. The first-order chi connectivity index (χ1) is 13.0. The summed E-state index contributed by atoms with van der Waals surface area (Å²) in [6, 6.07) is 4.81. The largest absolute Gasteiger partial charge is 0.355 e. The van der Waals surface area contributed by atoms with Crippen LogP contribution >= 0.6 is 24.0 Å². The molecule has 1 aromatic rings. The maximum Gasteiger partial charge on any atom is 0.321 e. The lowest BCUT2D eigenvalue weighted by molar-refractivity contribution is -0.126. The number of piperidine rings is 1. The van der Waals surface area contributed by atoms with Gasteiger partial charge in [0.2, 0.25) is 5.91 Å². The first-order valence-corrected chi connectivity index (χ1v) is 9.51. The Morgan fingerprint density at radius 1 is 1.32 bits per heavy atom. The van der Waals surface area contributed by atoms with Gasteiger partial charge in [-0.15, -0.1) is 12.4 Å². The molecule has 0 radical (unpaired) electrons. The Balaban J connectivity index is 0.00000280. The number of anilines is 1. The molecule has 1 aromatic carbocycles. The average molecular weight is 430 g/mol. The molecule has 8 nitrogen and oxygen atoms in total. The molecule has 0 aromatic heterocycles. The van der Waals surface area contributed by atoms with Crippen molar-refractivity contribution in [2.75, 3.05) is 44.2 Å². The number of carbonyl (C=O) groups excluding carboxylic acids is 3. The summed E-state index contributed by atoms with van der Waals surface area (Å²) in [5, 5.41) is 5.85. The minimum absolute atomic E-state index is 0. The Kier molecular flexibility index (Phi) is 7.91. The molecule has 2 heterocycles. The number of hydrogen-bond donors (Lipinski definition) is 3. The van der Waals surface area contributed by atoms with E-state index in [0.717, 1.165) is 12.8 Å². The standard InChI is InChI=1S/C18H24ClN5O3.ClH/c19-15-4-3-13(24-9-7-22-18(24)27)10-14(15)17(26)23-8-1-2-12(11-23)16(25)21-6-5-20;/h3-4,10,12H,1-2,5-9,11,20H2,(H,21,25)(H,22,27);1H. The molecular formula is C18H25Cl2N5O3. The van der Waals surface area contributed by atoms with Crippen LogP contribution in [0.15, 0.2) is 18.2 Å². The van der Waals surface area contributed by atoms with E-state index in [2.05, 4.69) is 10.6 Å². The van der Waals surface area contributed by atoms with Crippen molar-refractivity contribution in [3.05, 3.63) is 28.8 Å². The van der Waals surface area contributed by atoms with E-state index >= 15 is 0 Å². The third-order valence-corrected chi connectivity index (χ3v) is 5.20. The number of urea groups is 1. The molecule has 1 atom stereocenters. The van der Waals surface area contributed by atoms with Crippen molar-refractivity contribution in [2.45, 2.75) is 12.8 Å². The quantitative estimate of drug-likeness (QED) is 0.653. The summed E-state index contributed by atoms with van der Waals surface area (Å²) in [5.41, 5.74) is 6.40. The monoisotopic (exact) mass is 429 g/mol. The summed E-state index contributed by atoms with van der Waals surface area (Å²) < 4.78 is 0. The van der Waals surface area contributed by atoms with Crippen LogP contribution < -0.4 is 21.3 Å². The van der Waals surface area contributed by atoms with Gasteiger partial charge in [0.15, 0.2) is 0 Å². The average Bonchev–Trinajstić information content (AvgIpc) is 3.12. The summed E-state index contributed by atoms with van der Waals surface area (Å²) in [5.74, 6) is -0.551. The number of likely N-dealkylation sites (tertiary alicyclic amines) is 1. The van der Waals surface area contributed by atoms with Gasteiger partial charge in [-0.05, 0) is 31.0 Å². The Labute approximate surface area is 175 Å². The van der Waals surface area contributed by atoms with Gasteiger partial charge in [-0.1, -0.05) is 11.6 Å². The van der Waals surface area contributed by atoms with Gasteiger partial charge in [0.05, 0.1) is 16.5 Å². The number of amides is 4. The lowest BCUT2D eigenvalue weighted by Crippen LogP contribution is -2.46. The zero-order valence-corrected chi connectivity index (χ0v) is 17.0. The smallest absolute Gasteiger partial charge is 0.321 e. The number of rotatable bonds is 5. The van der Waals surface area contributed by atoms with Gasteiger partial charge in [-0.25, -0.2) is 4.79 Å². The molecule has 0 aliphatic carbocycles. The fourth-order valence-electron chi connectivity index (χ4n) is 3.45. The Bertz CT molecular complexity index is 746. The fraction of sp³-hybridized carbons (Fsp3) is 0.500. The fourth-order valence-corrected chi connectivity index (χ4v) is 3.65. The van der Waals surface area contributed by atoms with E-state index in [0.29, 0.717) is 55.5 Å². The highest BCUT2D eigenvalue weighted by molar-refractivity contribution is 6.34. The number of nitrogens with two attached hydrogens (primary N) is 1. The van der Waals surface area contributed by atoms with Crippen molar-refractivity contribution in [1.82, 2.24) is 15.5 Å². The topological polar surface area (TPSA) is 108 Å². The molecule has 154 valence electrons. The molecule has 4 amide bonds. The summed E-state index contributed by atoms with van der Waals surface area (Å²) in [6.45, 7) is 2.84. The molecule has 0 spiro atoms. The van der Waals surface area contributed by atoms with Gasteiger partial charge < -0.3 is 21.3 Å². The van der Waals surface area contributed by atoms with E-state index < -0.39 is 0 Å². The van der Waals surface area contributed by atoms with Gasteiger partial charge >= 0.3 is 6.03 Å². The number of nitrogens with zero attached hydrogens (tertiary/aromatic N) is 2. The van der Waals surface area contributed by atoms with E-state index in [1.54, 1.807) is 28.0 Å². The highest BCUT2D eigenvalue weighted by Gasteiger charge is 2.30. The third kappa shape index (κ3) is 4.87. The molecule has 2 saturated heterocycles. The van der Waals surface area contributed by atoms with Gasteiger partial charge in [-0.2, -0.15) is 0 Å². The first kappa shape index (κ1) is 22.3. The number of hydrogen-bond acceptors (Lipinski definition) is 4. The van der Waals surface area contributed by atoms with Crippen molar-refractivity contribution in [2.24, 2.45) is 11.7 Å². The summed E-state index contributed by atoms with van der Waals surface area (Å²) in [6.07, 6.45) is 1.49. The second-order valence-corrected chi connectivity index (χ2v) is 7.12. The lowest BCUT2D eigenvalue weighted by Gasteiger charge is -2.32. The van der Waals surface area contributed by atoms with E-state index in [4.69, 9.17) is 17.3 Å². The zero-order valence-electron chi connectivity index (χ0n) is 15.4. The minimum atomic E-state index is -0.249. The first-order valence-electron chi connectivity index (χ1n) is 9.13. The molecule has 2 aliphatic rings. The second-order valence-electron chi connectivity index (χ2n) is 6.72. The number of carbonyl (C=O) groups is 3. The third-order valence-electron chi connectivity index (χ3n) is 4.87. The number of halogens is 2. The summed E-state index contributed by atoms with van der Waals surface area (Å²) in [4.78, 5) is 40.3. The van der Waals surface area contributed by atoms with E-state index in [9.17, 15) is 14.4 Å². The SMILES string of the molecule is Cl.NCCNC(=O)C1CCCN(C(=O)c2cc(N3CCNC3=O)ccc2Cl)C1. The lowest BCUT2D eigenvalue weighted by atomic mass is 9.96. The van der Waals surface area contributed by atoms with Crippen molar-refractivity contribution in [3.63, 3.8) is 0 Å². The minimum Gasteiger partial charge on any atom is -0.355 e. The Morgan fingerprint density at radius 3 is 2.79 bits per heavy atom. The van der Waals surface area contributed by atoms with E-state index in [1.807, 2.05) is 0 Å². The molecule has 10 heteroatoms. The Hall–Kier alpha value is -2.03. The predicted octanol–water partition coefficient (Wildman–Crippen LogP) is 1.22. The second kappa shape index (κ2) is 9.95.